The van der Waals surface area contributed by atoms with Gasteiger partial charge in [-0.05, 0) is 24.1 Å². The molecule has 2 heterocycles. The molecule has 6 heteroatoms. The van der Waals surface area contributed by atoms with Crippen LogP contribution in [0, 0.1) is 0 Å². The van der Waals surface area contributed by atoms with Gasteiger partial charge < -0.3 is 0 Å². The second-order valence-corrected chi connectivity index (χ2v) is 7.76. The lowest BCUT2D eigenvalue weighted by Crippen LogP contribution is -2.01. The molecular weight excluding hydrogens is 348 g/mol. The first-order chi connectivity index (χ1) is 12.3. The summed E-state index contributed by atoms with van der Waals surface area (Å²) in [5.41, 5.74) is 1.30. The van der Waals surface area contributed by atoms with E-state index in [1.54, 1.807) is 23.1 Å². The standard InChI is InChI=1S/C19H18N4S2/c1-2-16(14-9-5-3-6-10-14)18-22-23-17(20-21-19(23)25-18)13-24-15-11-7-4-8-12-15/h3-12,16H,2,13H2,1H3/t16-/m1/s1. The fourth-order valence-electron chi connectivity index (χ4n) is 2.81. The van der Waals surface area contributed by atoms with E-state index in [0.717, 1.165) is 28.0 Å². The normalized spacial score (nSPS) is 12.5. The van der Waals surface area contributed by atoms with Gasteiger partial charge in [0.05, 0.1) is 5.75 Å². The van der Waals surface area contributed by atoms with Crippen molar-refractivity contribution in [1.29, 1.82) is 0 Å². The van der Waals surface area contributed by atoms with E-state index >= 15 is 0 Å². The predicted molar refractivity (Wildman–Crippen MR) is 103 cm³/mol. The Balaban J connectivity index is 1.59. The number of benzene rings is 2. The number of fused-ring (bicyclic) bond motifs is 1. The number of aromatic nitrogens is 4. The van der Waals surface area contributed by atoms with E-state index in [0.29, 0.717) is 5.92 Å². The van der Waals surface area contributed by atoms with E-state index in [2.05, 4.69) is 53.5 Å². The summed E-state index contributed by atoms with van der Waals surface area (Å²) in [6, 6.07) is 20.9. The average molecular weight is 367 g/mol. The fraction of sp³-hybridized carbons (Fsp3) is 0.211. The van der Waals surface area contributed by atoms with Gasteiger partial charge in [0.25, 0.3) is 0 Å². The lowest BCUT2D eigenvalue weighted by Gasteiger charge is -2.11. The van der Waals surface area contributed by atoms with Crippen molar-refractivity contribution in [3.05, 3.63) is 77.1 Å². The summed E-state index contributed by atoms with van der Waals surface area (Å²) < 4.78 is 1.90. The molecule has 4 aromatic rings. The van der Waals surface area contributed by atoms with Crippen LogP contribution in [0.5, 0.6) is 0 Å². The zero-order valence-electron chi connectivity index (χ0n) is 13.9. The minimum atomic E-state index is 0.308. The van der Waals surface area contributed by atoms with E-state index in [1.165, 1.54) is 10.5 Å². The Bertz CT molecular complexity index is 947. The third-order valence-electron chi connectivity index (χ3n) is 4.09. The van der Waals surface area contributed by atoms with Crippen LogP contribution in [0.1, 0.15) is 35.7 Å². The second-order valence-electron chi connectivity index (χ2n) is 5.72. The molecule has 0 bridgehead atoms. The first kappa shape index (κ1) is 16.3. The second kappa shape index (κ2) is 7.37. The van der Waals surface area contributed by atoms with Gasteiger partial charge in [0.1, 0.15) is 5.01 Å². The van der Waals surface area contributed by atoms with Crippen molar-refractivity contribution in [2.75, 3.05) is 0 Å². The van der Waals surface area contributed by atoms with Crippen molar-refractivity contribution in [3.63, 3.8) is 0 Å². The third-order valence-corrected chi connectivity index (χ3v) is 6.11. The quantitative estimate of drug-likeness (QED) is 0.449. The van der Waals surface area contributed by atoms with Gasteiger partial charge in [-0.15, -0.1) is 22.0 Å². The molecule has 0 amide bonds. The molecule has 0 fully saturated rings. The van der Waals surface area contributed by atoms with Gasteiger partial charge in [0.15, 0.2) is 5.82 Å². The number of hydrogen-bond donors (Lipinski definition) is 0. The van der Waals surface area contributed by atoms with Crippen LogP contribution in [0.15, 0.2) is 65.6 Å². The van der Waals surface area contributed by atoms with Crippen molar-refractivity contribution in [2.24, 2.45) is 0 Å². The zero-order chi connectivity index (χ0) is 17.1. The van der Waals surface area contributed by atoms with Gasteiger partial charge in [-0.25, -0.2) is 0 Å². The predicted octanol–water partition coefficient (Wildman–Crippen LogP) is 5.02. The van der Waals surface area contributed by atoms with Gasteiger partial charge in [-0.2, -0.15) is 9.61 Å². The SMILES string of the molecule is CC[C@H](c1ccccc1)c1nn2c(CSc3ccccc3)nnc2s1. The number of rotatable bonds is 6. The molecule has 4 rings (SSSR count). The van der Waals surface area contributed by atoms with Crippen molar-refractivity contribution in [2.45, 2.75) is 29.9 Å². The van der Waals surface area contributed by atoms with Crippen LogP contribution in [0.25, 0.3) is 4.96 Å². The van der Waals surface area contributed by atoms with Crippen molar-refractivity contribution >= 4 is 28.1 Å². The van der Waals surface area contributed by atoms with Crippen LogP contribution in [0.2, 0.25) is 0 Å². The molecule has 0 aliphatic rings. The molecule has 0 radical (unpaired) electrons. The lowest BCUT2D eigenvalue weighted by atomic mass is 9.97. The molecule has 126 valence electrons. The summed E-state index contributed by atoms with van der Waals surface area (Å²) in [6.07, 6.45) is 1.02. The molecular formula is C19H18N4S2. The maximum absolute atomic E-state index is 4.83. The molecule has 0 aliphatic heterocycles. The van der Waals surface area contributed by atoms with E-state index < -0.39 is 0 Å². The number of nitrogens with zero attached hydrogens (tertiary/aromatic N) is 4. The molecule has 0 saturated heterocycles. The molecule has 25 heavy (non-hydrogen) atoms. The Morgan fingerprint density at radius 1 is 1.00 bits per heavy atom. The Morgan fingerprint density at radius 3 is 2.44 bits per heavy atom. The van der Waals surface area contributed by atoms with E-state index in [1.807, 2.05) is 28.8 Å². The van der Waals surface area contributed by atoms with Gasteiger partial charge in [-0.1, -0.05) is 66.8 Å². The zero-order valence-corrected chi connectivity index (χ0v) is 15.5. The summed E-state index contributed by atoms with van der Waals surface area (Å²) in [7, 11) is 0. The Kier molecular flexibility index (Phi) is 4.81. The monoisotopic (exact) mass is 366 g/mol. The van der Waals surface area contributed by atoms with E-state index in [-0.39, 0.29) is 0 Å². The topological polar surface area (TPSA) is 43.1 Å². The van der Waals surface area contributed by atoms with Crippen LogP contribution in [0.3, 0.4) is 0 Å². The maximum Gasteiger partial charge on any atom is 0.234 e. The lowest BCUT2D eigenvalue weighted by molar-refractivity contribution is 0.735. The van der Waals surface area contributed by atoms with Crippen LogP contribution in [-0.2, 0) is 5.75 Å². The van der Waals surface area contributed by atoms with Crippen LogP contribution in [-0.4, -0.2) is 19.8 Å². The smallest absolute Gasteiger partial charge is 0.186 e. The largest absolute Gasteiger partial charge is 0.234 e. The summed E-state index contributed by atoms with van der Waals surface area (Å²) in [5, 5.41) is 14.6. The van der Waals surface area contributed by atoms with Gasteiger partial charge in [0.2, 0.25) is 4.96 Å². The highest BCUT2D eigenvalue weighted by Gasteiger charge is 2.19. The number of hydrogen-bond acceptors (Lipinski definition) is 5. The minimum absolute atomic E-state index is 0.308. The molecule has 0 unspecified atom stereocenters. The van der Waals surface area contributed by atoms with Gasteiger partial charge in [0, 0.05) is 10.8 Å². The van der Waals surface area contributed by atoms with Crippen LogP contribution in [0.4, 0.5) is 0 Å². The highest BCUT2D eigenvalue weighted by Crippen LogP contribution is 2.31. The van der Waals surface area contributed by atoms with Crippen molar-refractivity contribution in [1.82, 2.24) is 19.8 Å². The molecule has 1 atom stereocenters. The minimum Gasteiger partial charge on any atom is -0.186 e. The molecule has 4 nitrogen and oxygen atoms in total. The third kappa shape index (κ3) is 3.45. The van der Waals surface area contributed by atoms with Crippen molar-refractivity contribution in [3.8, 4) is 0 Å². The highest BCUT2D eigenvalue weighted by atomic mass is 32.2. The Morgan fingerprint density at radius 2 is 1.72 bits per heavy atom. The fourth-order valence-corrected chi connectivity index (χ4v) is 4.70. The average Bonchev–Trinajstić information content (AvgIpc) is 3.23. The highest BCUT2D eigenvalue weighted by molar-refractivity contribution is 7.98. The summed E-state index contributed by atoms with van der Waals surface area (Å²) in [4.78, 5) is 2.10. The molecule has 0 N–H and O–H groups in total. The van der Waals surface area contributed by atoms with E-state index in [4.69, 9.17) is 5.10 Å². The van der Waals surface area contributed by atoms with Gasteiger partial charge >= 0.3 is 0 Å². The van der Waals surface area contributed by atoms with Gasteiger partial charge in [-0.3, -0.25) is 0 Å². The molecule has 0 aliphatic carbocycles. The molecule has 2 aromatic heterocycles. The first-order valence-corrected chi connectivity index (χ1v) is 10.1. The van der Waals surface area contributed by atoms with Crippen LogP contribution >= 0.6 is 23.1 Å². The molecule has 2 aromatic carbocycles. The Hall–Kier alpha value is -2.18. The summed E-state index contributed by atoms with van der Waals surface area (Å²) in [5.74, 6) is 1.97. The Labute approximate surface area is 154 Å². The van der Waals surface area contributed by atoms with Crippen LogP contribution < -0.4 is 0 Å². The summed E-state index contributed by atoms with van der Waals surface area (Å²) >= 11 is 3.39. The number of thioether (sulfide) groups is 1. The first-order valence-electron chi connectivity index (χ1n) is 8.29. The molecule has 0 saturated carbocycles. The maximum atomic E-state index is 4.83. The summed E-state index contributed by atoms with van der Waals surface area (Å²) in [6.45, 7) is 2.20. The molecule has 0 spiro atoms. The van der Waals surface area contributed by atoms with E-state index in [9.17, 15) is 0 Å². The van der Waals surface area contributed by atoms with Crippen molar-refractivity contribution < 1.29 is 0 Å².